The molecule has 0 radical (unpaired) electrons. The smallest absolute Gasteiger partial charge is 0.453 e. The summed E-state index contributed by atoms with van der Waals surface area (Å²) in [4.78, 5) is 50.1. The van der Waals surface area contributed by atoms with E-state index in [-0.39, 0.29) is 38.4 Å². The summed E-state index contributed by atoms with van der Waals surface area (Å²) in [6.45, 7) is 0.655. The summed E-state index contributed by atoms with van der Waals surface area (Å²) in [5.41, 5.74) is 1.61. The second kappa shape index (κ2) is 22.7. The number of esters is 2. The summed E-state index contributed by atoms with van der Waals surface area (Å²) in [7, 11) is 0. The molecule has 0 spiro atoms. The molecular formula is C42H49F3N2O14. The predicted molar refractivity (Wildman–Crippen MR) is 205 cm³/mol. The molecule has 61 heavy (non-hydrogen) atoms. The van der Waals surface area contributed by atoms with Crippen LogP contribution in [0.25, 0.3) is 0 Å². The van der Waals surface area contributed by atoms with Crippen molar-refractivity contribution < 1.29 is 80.5 Å². The third kappa shape index (κ3) is 13.8. The first-order valence-electron chi connectivity index (χ1n) is 19.4. The van der Waals surface area contributed by atoms with E-state index in [1.807, 2.05) is 30.3 Å². The van der Waals surface area contributed by atoms with Crippen molar-refractivity contribution in [1.29, 1.82) is 0 Å². The number of ether oxygens (including phenoxy) is 8. The molecule has 16 nitrogen and oxygen atoms in total. The Kier molecular flexibility index (Phi) is 17.5. The van der Waals surface area contributed by atoms with E-state index in [1.54, 1.807) is 53.8 Å². The minimum absolute atomic E-state index is 0.0660. The number of hydrogen-bond donors (Lipinski definition) is 4. The van der Waals surface area contributed by atoms with E-state index in [9.17, 15) is 42.6 Å². The van der Waals surface area contributed by atoms with Gasteiger partial charge in [-0.1, -0.05) is 78.9 Å². The topological polar surface area (TPSA) is 207 Å². The Morgan fingerprint density at radius 3 is 1.93 bits per heavy atom. The Balaban J connectivity index is 1.50. The van der Waals surface area contributed by atoms with Crippen molar-refractivity contribution in [3.8, 4) is 0 Å². The van der Waals surface area contributed by atoms with Crippen LogP contribution >= 0.6 is 0 Å². The van der Waals surface area contributed by atoms with Gasteiger partial charge in [-0.3, -0.25) is 14.4 Å². The monoisotopic (exact) mass is 862 g/mol. The largest absolute Gasteiger partial charge is 0.471 e. The summed E-state index contributed by atoms with van der Waals surface area (Å²) >= 11 is 0. The standard InChI is InChI=1S/C42H49F3N2O14/c1-25(49)47-32-35(56-23-28-15-8-4-9-16-28)34(31(24-54-22-27-13-6-3-7-14-27)59-39(32)55-20-12-19-46-41(53)42(43,44)45)61-40-37(57-26(2)50)36(33(51)30(21-48)58-40)60-38(52)29-17-10-5-11-18-29/h3-11,13-18,30-37,39-40,48,51H,12,19-24H2,1-2H3,(H,46,53)(H,47,49)/t30-,31-,32-,33+,34-,35-,36+,37-,39-,40+/m1/s1. The first kappa shape index (κ1) is 47.1. The van der Waals surface area contributed by atoms with Crippen LogP contribution in [0.1, 0.15) is 41.8 Å². The number of carbonyl (C=O) groups is 4. The van der Waals surface area contributed by atoms with Crippen LogP contribution in [0, 0.1) is 0 Å². The lowest BCUT2D eigenvalue weighted by molar-refractivity contribution is -0.352. The van der Waals surface area contributed by atoms with E-state index in [1.165, 1.54) is 19.1 Å². The molecule has 0 bridgehead atoms. The minimum Gasteiger partial charge on any atom is -0.453 e. The maximum Gasteiger partial charge on any atom is 0.471 e. The Morgan fingerprint density at radius 2 is 1.34 bits per heavy atom. The van der Waals surface area contributed by atoms with Gasteiger partial charge in [-0.25, -0.2) is 4.79 Å². The van der Waals surface area contributed by atoms with Gasteiger partial charge in [-0.05, 0) is 29.7 Å². The molecule has 10 atom stereocenters. The molecule has 3 aromatic rings. The van der Waals surface area contributed by atoms with E-state index < -0.39 is 104 Å². The fourth-order valence-electron chi connectivity index (χ4n) is 6.66. The summed E-state index contributed by atoms with van der Waals surface area (Å²) in [6.07, 6.45) is -18.4. The lowest BCUT2D eigenvalue weighted by Crippen LogP contribution is -2.68. The third-order valence-corrected chi connectivity index (χ3v) is 9.49. The van der Waals surface area contributed by atoms with Gasteiger partial charge in [0.15, 0.2) is 24.8 Å². The average Bonchev–Trinajstić information content (AvgIpc) is 3.23. The molecule has 0 saturated carbocycles. The third-order valence-electron chi connectivity index (χ3n) is 9.49. The van der Waals surface area contributed by atoms with Crippen molar-refractivity contribution in [1.82, 2.24) is 10.6 Å². The maximum absolute atomic E-state index is 13.3. The molecule has 5 rings (SSSR count). The van der Waals surface area contributed by atoms with E-state index in [0.717, 1.165) is 12.5 Å². The highest BCUT2D eigenvalue weighted by atomic mass is 19.4. The zero-order chi connectivity index (χ0) is 43.9. The van der Waals surface area contributed by atoms with Gasteiger partial charge < -0.3 is 58.7 Å². The number of carbonyl (C=O) groups excluding carboxylic acids is 4. The van der Waals surface area contributed by atoms with E-state index in [2.05, 4.69) is 5.32 Å². The first-order valence-corrected chi connectivity index (χ1v) is 19.4. The summed E-state index contributed by atoms with van der Waals surface area (Å²) in [6, 6.07) is 24.6. The molecule has 4 N–H and O–H groups in total. The van der Waals surface area contributed by atoms with Crippen LogP contribution in [0.4, 0.5) is 13.2 Å². The number of hydrogen-bond acceptors (Lipinski definition) is 14. The van der Waals surface area contributed by atoms with Crippen molar-refractivity contribution in [3.05, 3.63) is 108 Å². The van der Waals surface area contributed by atoms with Crippen LogP contribution in [0.5, 0.6) is 0 Å². The number of benzene rings is 3. The second-order valence-electron chi connectivity index (χ2n) is 14.1. The zero-order valence-corrected chi connectivity index (χ0v) is 33.3. The van der Waals surface area contributed by atoms with Gasteiger partial charge in [-0.15, -0.1) is 0 Å². The van der Waals surface area contributed by atoms with Gasteiger partial charge in [0.05, 0.1) is 38.6 Å². The van der Waals surface area contributed by atoms with Gasteiger partial charge in [-0.2, -0.15) is 13.2 Å². The van der Waals surface area contributed by atoms with E-state index >= 15 is 0 Å². The second-order valence-corrected chi connectivity index (χ2v) is 14.1. The van der Waals surface area contributed by atoms with E-state index in [0.29, 0.717) is 5.56 Å². The van der Waals surface area contributed by atoms with Crippen molar-refractivity contribution in [2.24, 2.45) is 0 Å². The number of halogens is 3. The molecule has 0 aromatic heterocycles. The number of alkyl halides is 3. The van der Waals surface area contributed by atoms with Crippen LogP contribution in [0.3, 0.4) is 0 Å². The van der Waals surface area contributed by atoms with Crippen LogP contribution in [0.15, 0.2) is 91.0 Å². The Hall–Kier alpha value is -4.99. The van der Waals surface area contributed by atoms with E-state index in [4.69, 9.17) is 37.9 Å². The van der Waals surface area contributed by atoms with Crippen LogP contribution in [-0.2, 0) is 65.5 Å². The highest BCUT2D eigenvalue weighted by Crippen LogP contribution is 2.34. The lowest BCUT2D eigenvalue weighted by atomic mass is 9.94. The summed E-state index contributed by atoms with van der Waals surface area (Å²) in [5, 5.41) is 26.2. The zero-order valence-electron chi connectivity index (χ0n) is 33.3. The molecule has 332 valence electrons. The normalized spacial score (nSPS) is 26.5. The average molecular weight is 863 g/mol. The molecule has 2 heterocycles. The van der Waals surface area contributed by atoms with Crippen molar-refractivity contribution >= 4 is 23.8 Å². The van der Waals surface area contributed by atoms with Crippen molar-refractivity contribution in [3.63, 3.8) is 0 Å². The SMILES string of the molecule is CC(=O)N[C@H]1[C@H](OCCCNC(=O)C(F)(F)F)O[C@H](COCc2ccccc2)[C@@H](O[C@@H]2O[C@H](CO)[C@H](O)[C@H](OC(=O)c3ccccc3)[C@H]2OC(C)=O)[C@@H]1OCc1ccccc1. The van der Waals surface area contributed by atoms with Crippen LogP contribution < -0.4 is 10.6 Å². The van der Waals surface area contributed by atoms with Gasteiger partial charge in [0, 0.05) is 20.4 Å². The lowest BCUT2D eigenvalue weighted by Gasteiger charge is -2.49. The molecule has 0 aliphatic carbocycles. The molecule has 2 aliphatic heterocycles. The Labute approximate surface area is 349 Å². The highest BCUT2D eigenvalue weighted by molar-refractivity contribution is 5.89. The molecular weight excluding hydrogens is 813 g/mol. The highest BCUT2D eigenvalue weighted by Gasteiger charge is 2.55. The Morgan fingerprint density at radius 1 is 0.738 bits per heavy atom. The van der Waals surface area contributed by atoms with Crippen LogP contribution in [0.2, 0.25) is 0 Å². The van der Waals surface area contributed by atoms with Gasteiger partial charge >= 0.3 is 24.0 Å². The van der Waals surface area contributed by atoms with Gasteiger partial charge in [0.25, 0.3) is 0 Å². The molecule has 2 fully saturated rings. The van der Waals surface area contributed by atoms with Gasteiger partial charge in [0.1, 0.15) is 36.6 Å². The molecule has 3 aromatic carbocycles. The molecule has 0 unspecified atom stereocenters. The Bertz CT molecular complexity index is 1840. The number of aliphatic hydroxyl groups is 2. The number of aliphatic hydroxyl groups excluding tert-OH is 2. The minimum atomic E-state index is -5.08. The summed E-state index contributed by atoms with van der Waals surface area (Å²) < 4.78 is 87.4. The molecule has 2 aliphatic rings. The number of rotatable bonds is 19. The fourth-order valence-corrected chi connectivity index (χ4v) is 6.66. The quantitative estimate of drug-likeness (QED) is 0.101. The van der Waals surface area contributed by atoms with Crippen molar-refractivity contribution in [2.45, 2.75) is 101 Å². The van der Waals surface area contributed by atoms with Gasteiger partial charge in [0.2, 0.25) is 5.91 Å². The maximum atomic E-state index is 13.3. The number of nitrogens with one attached hydrogen (secondary N) is 2. The molecule has 2 saturated heterocycles. The number of amides is 2. The fraction of sp³-hybridized carbons (Fsp3) is 0.476. The molecule has 2 amide bonds. The summed E-state index contributed by atoms with van der Waals surface area (Å²) in [5.74, 6) is -4.44. The first-order chi connectivity index (χ1) is 29.2. The predicted octanol–water partition coefficient (Wildman–Crippen LogP) is 2.72. The van der Waals surface area contributed by atoms with Crippen molar-refractivity contribution in [2.75, 3.05) is 26.4 Å². The van der Waals surface area contributed by atoms with Crippen LogP contribution in [-0.4, -0.2) is 128 Å². The molecule has 19 heteroatoms.